The van der Waals surface area contributed by atoms with Crippen molar-refractivity contribution in [2.24, 2.45) is 0 Å². The SMILES string of the molecule is CCSc1ncccc1C1(O)CCN(CC23CC(c4ccccc42)c2ccc(Cl)cc23)CC1. The average molecular weight is 477 g/mol. The van der Waals surface area contributed by atoms with Crippen LogP contribution in [0, 0.1) is 0 Å². The molecule has 0 spiro atoms. The van der Waals surface area contributed by atoms with Crippen LogP contribution in [0.3, 0.4) is 0 Å². The molecule has 2 unspecified atom stereocenters. The Morgan fingerprint density at radius 3 is 2.61 bits per heavy atom. The number of likely N-dealkylation sites (tertiary alicyclic amines) is 1. The highest BCUT2D eigenvalue weighted by Gasteiger charge is 2.53. The lowest BCUT2D eigenvalue weighted by atomic mass is 9.74. The summed E-state index contributed by atoms with van der Waals surface area (Å²) in [6.45, 7) is 4.87. The van der Waals surface area contributed by atoms with E-state index >= 15 is 0 Å². The second-order valence-electron chi connectivity index (χ2n) is 9.75. The minimum Gasteiger partial charge on any atom is -0.385 e. The molecule has 1 fully saturated rings. The first-order valence-corrected chi connectivity index (χ1v) is 13.3. The van der Waals surface area contributed by atoms with Crippen LogP contribution < -0.4 is 0 Å². The Labute approximate surface area is 205 Å². The number of aromatic nitrogens is 1. The second-order valence-corrected chi connectivity index (χ2v) is 11.4. The van der Waals surface area contributed by atoms with Crippen LogP contribution in [0.2, 0.25) is 5.02 Å². The number of hydrogen-bond acceptors (Lipinski definition) is 4. The molecule has 1 saturated heterocycles. The Kier molecular flexibility index (Phi) is 5.34. The van der Waals surface area contributed by atoms with E-state index in [4.69, 9.17) is 11.6 Å². The predicted molar refractivity (Wildman–Crippen MR) is 135 cm³/mol. The summed E-state index contributed by atoms with van der Waals surface area (Å²) in [5.74, 6) is 1.43. The summed E-state index contributed by atoms with van der Waals surface area (Å²) in [4.78, 5) is 7.12. The van der Waals surface area contributed by atoms with Crippen molar-refractivity contribution in [1.82, 2.24) is 9.88 Å². The first-order chi connectivity index (χ1) is 16.0. The molecule has 0 saturated carbocycles. The maximum absolute atomic E-state index is 11.6. The zero-order valence-electron chi connectivity index (χ0n) is 18.9. The molecule has 2 aromatic carbocycles. The third kappa shape index (κ3) is 3.37. The van der Waals surface area contributed by atoms with E-state index < -0.39 is 5.60 Å². The number of piperidine rings is 1. The Hall–Kier alpha value is -1.85. The molecule has 3 aromatic rings. The molecule has 6 rings (SSSR count). The van der Waals surface area contributed by atoms with Crippen molar-refractivity contribution in [1.29, 1.82) is 0 Å². The number of rotatable bonds is 5. The lowest BCUT2D eigenvalue weighted by molar-refractivity contribution is -0.0313. The van der Waals surface area contributed by atoms with Gasteiger partial charge in [-0.2, -0.15) is 0 Å². The largest absolute Gasteiger partial charge is 0.385 e. The number of fused-ring (bicyclic) bond motifs is 8. The topological polar surface area (TPSA) is 36.4 Å². The number of hydrogen-bond donors (Lipinski definition) is 1. The minimum absolute atomic E-state index is 0.00548. The number of thioether (sulfide) groups is 1. The molecule has 170 valence electrons. The van der Waals surface area contributed by atoms with Crippen LogP contribution in [-0.2, 0) is 11.0 Å². The van der Waals surface area contributed by atoms with Crippen molar-refractivity contribution in [2.75, 3.05) is 25.4 Å². The monoisotopic (exact) mass is 476 g/mol. The van der Waals surface area contributed by atoms with Crippen LogP contribution in [0.25, 0.3) is 0 Å². The third-order valence-corrected chi connectivity index (χ3v) is 9.16. The Bertz CT molecular complexity index is 1210. The van der Waals surface area contributed by atoms with Gasteiger partial charge < -0.3 is 10.0 Å². The Morgan fingerprint density at radius 2 is 1.79 bits per heavy atom. The van der Waals surface area contributed by atoms with Gasteiger partial charge in [0.1, 0.15) is 5.03 Å². The van der Waals surface area contributed by atoms with Crippen molar-refractivity contribution in [2.45, 2.75) is 48.1 Å². The quantitative estimate of drug-likeness (QED) is 0.460. The Balaban J connectivity index is 1.28. The van der Waals surface area contributed by atoms with Gasteiger partial charge in [-0.25, -0.2) is 4.98 Å². The van der Waals surface area contributed by atoms with Crippen LogP contribution in [0.1, 0.15) is 59.9 Å². The van der Waals surface area contributed by atoms with Crippen LogP contribution >= 0.6 is 23.4 Å². The number of nitrogens with zero attached hydrogens (tertiary/aromatic N) is 2. The van der Waals surface area contributed by atoms with Crippen LogP contribution in [0.15, 0.2) is 65.8 Å². The minimum atomic E-state index is -0.799. The summed E-state index contributed by atoms with van der Waals surface area (Å²) >= 11 is 8.20. The fraction of sp³-hybridized carbons (Fsp3) is 0.393. The molecule has 1 N–H and O–H groups in total. The normalized spacial score (nSPS) is 25.1. The van der Waals surface area contributed by atoms with E-state index in [1.54, 1.807) is 11.8 Å². The summed E-state index contributed by atoms with van der Waals surface area (Å²) in [7, 11) is 0. The molecule has 33 heavy (non-hydrogen) atoms. The molecule has 2 aliphatic carbocycles. The summed E-state index contributed by atoms with van der Waals surface area (Å²) in [6.07, 6.45) is 4.43. The molecule has 3 nitrogen and oxygen atoms in total. The summed E-state index contributed by atoms with van der Waals surface area (Å²) in [6, 6.07) is 19.5. The van der Waals surface area contributed by atoms with E-state index in [-0.39, 0.29) is 5.41 Å². The van der Waals surface area contributed by atoms with Gasteiger partial charge in [0.25, 0.3) is 0 Å². The third-order valence-electron chi connectivity index (χ3n) is 8.04. The van der Waals surface area contributed by atoms with E-state index in [0.717, 1.165) is 60.3 Å². The molecule has 1 aromatic heterocycles. The molecule has 3 aliphatic rings. The van der Waals surface area contributed by atoms with Crippen molar-refractivity contribution >= 4 is 23.4 Å². The smallest absolute Gasteiger partial charge is 0.102 e. The van der Waals surface area contributed by atoms with Gasteiger partial charge in [-0.1, -0.05) is 54.9 Å². The van der Waals surface area contributed by atoms with Crippen LogP contribution in [-0.4, -0.2) is 40.4 Å². The van der Waals surface area contributed by atoms with Crippen molar-refractivity contribution in [3.63, 3.8) is 0 Å². The molecular formula is C28H29ClN2OS. The fourth-order valence-corrected chi connectivity index (χ4v) is 7.54. The van der Waals surface area contributed by atoms with Gasteiger partial charge in [0.05, 0.1) is 5.60 Å². The van der Waals surface area contributed by atoms with Gasteiger partial charge >= 0.3 is 0 Å². The maximum atomic E-state index is 11.6. The maximum Gasteiger partial charge on any atom is 0.102 e. The average Bonchev–Trinajstić information content (AvgIpc) is 3.33. The van der Waals surface area contributed by atoms with E-state index in [9.17, 15) is 5.11 Å². The highest BCUT2D eigenvalue weighted by atomic mass is 35.5. The molecule has 5 heteroatoms. The van der Waals surface area contributed by atoms with Gasteiger partial charge in [-0.05, 0) is 65.5 Å². The second kappa shape index (κ2) is 8.13. The van der Waals surface area contributed by atoms with Crippen molar-refractivity contribution in [3.05, 3.63) is 93.6 Å². The van der Waals surface area contributed by atoms with E-state index in [2.05, 4.69) is 59.3 Å². The molecule has 2 heterocycles. The van der Waals surface area contributed by atoms with Crippen molar-refractivity contribution < 1.29 is 5.11 Å². The lowest BCUT2D eigenvalue weighted by Gasteiger charge is -2.43. The van der Waals surface area contributed by atoms with E-state index in [0.29, 0.717) is 5.92 Å². The standard InChI is InChI=1S/C28H29ClN2OS/c1-2-33-26-24(8-5-13-30-26)28(32)11-14-31(15-12-28)18-27-17-22(20-6-3-4-7-23(20)27)21-10-9-19(29)16-25(21)27/h3-10,13,16,22,32H,2,11-12,14-15,17-18H2,1H3. The van der Waals surface area contributed by atoms with Gasteiger partial charge in [0, 0.05) is 47.8 Å². The number of aliphatic hydroxyl groups is 1. The van der Waals surface area contributed by atoms with Gasteiger partial charge in [-0.15, -0.1) is 11.8 Å². The van der Waals surface area contributed by atoms with Crippen molar-refractivity contribution in [3.8, 4) is 0 Å². The molecule has 2 bridgehead atoms. The number of halogens is 1. The van der Waals surface area contributed by atoms with E-state index in [1.807, 2.05) is 18.3 Å². The first kappa shape index (κ1) is 21.7. The highest BCUT2D eigenvalue weighted by molar-refractivity contribution is 7.99. The van der Waals surface area contributed by atoms with E-state index in [1.165, 1.54) is 22.3 Å². The number of pyridine rings is 1. The summed E-state index contributed by atoms with van der Waals surface area (Å²) < 4.78 is 0. The van der Waals surface area contributed by atoms with Gasteiger partial charge in [-0.3, -0.25) is 0 Å². The Morgan fingerprint density at radius 1 is 1.03 bits per heavy atom. The predicted octanol–water partition coefficient (Wildman–Crippen LogP) is 5.97. The zero-order chi connectivity index (χ0) is 22.6. The van der Waals surface area contributed by atoms with Crippen LogP contribution in [0.5, 0.6) is 0 Å². The molecule has 0 radical (unpaired) electrons. The van der Waals surface area contributed by atoms with Gasteiger partial charge in [0.15, 0.2) is 0 Å². The first-order valence-electron chi connectivity index (χ1n) is 12.0. The van der Waals surface area contributed by atoms with Crippen LogP contribution in [0.4, 0.5) is 0 Å². The highest BCUT2D eigenvalue weighted by Crippen LogP contribution is 2.60. The molecular weight excluding hydrogens is 448 g/mol. The molecule has 0 amide bonds. The molecule has 2 atom stereocenters. The number of benzene rings is 2. The fourth-order valence-electron chi connectivity index (χ4n) is 6.55. The summed E-state index contributed by atoms with van der Waals surface area (Å²) in [5.41, 5.74) is 6.01. The molecule has 1 aliphatic heterocycles. The van der Waals surface area contributed by atoms with Gasteiger partial charge in [0.2, 0.25) is 0 Å². The summed E-state index contributed by atoms with van der Waals surface area (Å²) in [5, 5.41) is 13.4. The lowest BCUT2D eigenvalue weighted by Crippen LogP contribution is -2.48. The zero-order valence-corrected chi connectivity index (χ0v) is 20.5.